The lowest BCUT2D eigenvalue weighted by Crippen LogP contribution is -2.48. The summed E-state index contributed by atoms with van der Waals surface area (Å²) in [6.45, 7) is 3.67. The molecule has 0 saturated carbocycles. The number of hydrogen-bond donors (Lipinski definition) is 1. The molecule has 0 atom stereocenters. The number of rotatable bonds is 3. The highest BCUT2D eigenvalue weighted by Crippen LogP contribution is 2.27. The second-order valence-corrected chi connectivity index (χ2v) is 7.16. The molecule has 0 aliphatic carbocycles. The standard InChI is InChI=1S/C19H26N4O2.2ClH/c1-22(15-6-10-20-11-7-15)18(24)14-8-12-23(13-9-14)19-21-16-4-2-3-5-17(16)25-19;;/h2-5,14-15,20H,6-13H2,1H3;2*1H. The highest BCUT2D eigenvalue weighted by Gasteiger charge is 2.31. The van der Waals surface area contributed by atoms with E-state index in [-0.39, 0.29) is 30.7 Å². The van der Waals surface area contributed by atoms with Crippen LogP contribution in [0.4, 0.5) is 6.01 Å². The van der Waals surface area contributed by atoms with E-state index in [1.807, 2.05) is 36.2 Å². The molecule has 1 aromatic heterocycles. The fraction of sp³-hybridized carbons (Fsp3) is 0.579. The number of fused-ring (bicyclic) bond motifs is 1. The maximum Gasteiger partial charge on any atom is 0.298 e. The number of oxazole rings is 1. The Kier molecular flexibility index (Phi) is 7.77. The van der Waals surface area contributed by atoms with Gasteiger partial charge in [-0.05, 0) is 50.9 Å². The molecule has 2 aromatic rings. The Morgan fingerprint density at radius 1 is 1.15 bits per heavy atom. The van der Waals surface area contributed by atoms with E-state index in [2.05, 4.69) is 15.2 Å². The summed E-state index contributed by atoms with van der Waals surface area (Å²) >= 11 is 0. The van der Waals surface area contributed by atoms with Gasteiger partial charge in [0.05, 0.1) is 0 Å². The Balaban J connectivity index is 0.00000131. The number of para-hydroxylation sites is 2. The van der Waals surface area contributed by atoms with Crippen molar-refractivity contribution in [2.24, 2.45) is 5.92 Å². The molecular formula is C19H28Cl2N4O2. The van der Waals surface area contributed by atoms with Gasteiger partial charge in [-0.15, -0.1) is 24.8 Å². The van der Waals surface area contributed by atoms with E-state index < -0.39 is 0 Å². The highest BCUT2D eigenvalue weighted by atomic mass is 35.5. The summed E-state index contributed by atoms with van der Waals surface area (Å²) in [5, 5.41) is 3.36. The van der Waals surface area contributed by atoms with Crippen LogP contribution in [-0.4, -0.2) is 55.1 Å². The van der Waals surface area contributed by atoms with Gasteiger partial charge in [0, 0.05) is 32.1 Å². The quantitative estimate of drug-likeness (QED) is 0.835. The van der Waals surface area contributed by atoms with Crippen LogP contribution in [0.25, 0.3) is 11.1 Å². The number of benzene rings is 1. The monoisotopic (exact) mass is 414 g/mol. The predicted molar refractivity (Wildman–Crippen MR) is 112 cm³/mol. The van der Waals surface area contributed by atoms with Crippen molar-refractivity contribution in [2.45, 2.75) is 31.7 Å². The summed E-state index contributed by atoms with van der Waals surface area (Å²) in [6.07, 6.45) is 3.85. The van der Waals surface area contributed by atoms with Gasteiger partial charge in [-0.1, -0.05) is 12.1 Å². The molecule has 1 N–H and O–H groups in total. The third-order valence-electron chi connectivity index (χ3n) is 5.60. The van der Waals surface area contributed by atoms with Crippen molar-refractivity contribution in [3.63, 3.8) is 0 Å². The molecule has 1 aromatic carbocycles. The highest BCUT2D eigenvalue weighted by molar-refractivity contribution is 5.85. The van der Waals surface area contributed by atoms with Gasteiger partial charge in [-0.25, -0.2) is 0 Å². The Labute approximate surface area is 172 Å². The lowest BCUT2D eigenvalue weighted by molar-refractivity contribution is -0.137. The number of piperidine rings is 2. The van der Waals surface area contributed by atoms with Gasteiger partial charge in [0.15, 0.2) is 5.58 Å². The summed E-state index contributed by atoms with van der Waals surface area (Å²) in [4.78, 5) is 21.6. The molecule has 8 heteroatoms. The molecule has 0 spiro atoms. The number of halogens is 2. The van der Waals surface area contributed by atoms with E-state index in [0.717, 1.165) is 63.0 Å². The first kappa shape index (κ1) is 21.8. The Hall–Kier alpha value is -1.50. The van der Waals surface area contributed by atoms with Crippen molar-refractivity contribution in [3.05, 3.63) is 24.3 Å². The largest absolute Gasteiger partial charge is 0.423 e. The van der Waals surface area contributed by atoms with Crippen LogP contribution >= 0.6 is 24.8 Å². The topological polar surface area (TPSA) is 61.6 Å². The van der Waals surface area contributed by atoms with Gasteiger partial charge in [0.2, 0.25) is 5.91 Å². The zero-order chi connectivity index (χ0) is 17.2. The van der Waals surface area contributed by atoms with Crippen LogP contribution in [0.3, 0.4) is 0 Å². The van der Waals surface area contributed by atoms with Crippen molar-refractivity contribution < 1.29 is 9.21 Å². The first-order chi connectivity index (χ1) is 12.2. The van der Waals surface area contributed by atoms with Crippen molar-refractivity contribution in [1.82, 2.24) is 15.2 Å². The molecule has 2 aliphatic rings. The third-order valence-corrected chi connectivity index (χ3v) is 5.60. The Bertz CT molecular complexity index is 707. The minimum atomic E-state index is 0. The maximum absolute atomic E-state index is 12.8. The first-order valence-corrected chi connectivity index (χ1v) is 9.30. The summed E-state index contributed by atoms with van der Waals surface area (Å²) in [5.74, 6) is 0.435. The Morgan fingerprint density at radius 2 is 1.81 bits per heavy atom. The van der Waals surface area contributed by atoms with Crippen LogP contribution in [-0.2, 0) is 4.79 Å². The van der Waals surface area contributed by atoms with Crippen LogP contribution in [0.15, 0.2) is 28.7 Å². The van der Waals surface area contributed by atoms with Crippen molar-refractivity contribution in [1.29, 1.82) is 0 Å². The molecule has 0 unspecified atom stereocenters. The van der Waals surface area contributed by atoms with E-state index >= 15 is 0 Å². The van der Waals surface area contributed by atoms with Gasteiger partial charge in [0.1, 0.15) is 5.52 Å². The van der Waals surface area contributed by atoms with Gasteiger partial charge in [-0.3, -0.25) is 4.79 Å². The molecule has 0 radical (unpaired) electrons. The number of carbonyl (C=O) groups excluding carboxylic acids is 1. The molecule has 150 valence electrons. The third kappa shape index (κ3) is 4.68. The van der Waals surface area contributed by atoms with Gasteiger partial charge in [-0.2, -0.15) is 4.98 Å². The number of amides is 1. The second kappa shape index (κ2) is 9.62. The summed E-state index contributed by atoms with van der Waals surface area (Å²) < 4.78 is 5.86. The zero-order valence-electron chi connectivity index (χ0n) is 15.6. The normalized spacial score (nSPS) is 18.6. The fourth-order valence-electron chi connectivity index (χ4n) is 3.97. The minimum Gasteiger partial charge on any atom is -0.423 e. The molecule has 2 fully saturated rings. The molecule has 3 heterocycles. The fourth-order valence-corrected chi connectivity index (χ4v) is 3.97. The second-order valence-electron chi connectivity index (χ2n) is 7.16. The molecule has 2 saturated heterocycles. The van der Waals surface area contributed by atoms with E-state index in [1.54, 1.807) is 0 Å². The van der Waals surface area contributed by atoms with Crippen LogP contribution < -0.4 is 10.2 Å². The smallest absolute Gasteiger partial charge is 0.298 e. The lowest BCUT2D eigenvalue weighted by atomic mass is 9.94. The van der Waals surface area contributed by atoms with Crippen LogP contribution in [0.2, 0.25) is 0 Å². The number of anilines is 1. The van der Waals surface area contributed by atoms with Crippen molar-refractivity contribution in [3.8, 4) is 0 Å². The average Bonchev–Trinajstić information content (AvgIpc) is 3.12. The van der Waals surface area contributed by atoms with E-state index in [9.17, 15) is 4.79 Å². The van der Waals surface area contributed by atoms with Gasteiger partial charge < -0.3 is 19.5 Å². The molecule has 2 aliphatic heterocycles. The Morgan fingerprint density at radius 3 is 2.48 bits per heavy atom. The van der Waals surface area contributed by atoms with Crippen LogP contribution in [0.1, 0.15) is 25.7 Å². The van der Waals surface area contributed by atoms with Gasteiger partial charge in [0.25, 0.3) is 6.01 Å². The molecule has 1 amide bonds. The SMILES string of the molecule is CN(C(=O)C1CCN(c2nc3ccccc3o2)CC1)C1CCNCC1.Cl.Cl. The van der Waals surface area contributed by atoms with Crippen molar-refractivity contribution in [2.75, 3.05) is 38.1 Å². The first-order valence-electron chi connectivity index (χ1n) is 9.30. The average molecular weight is 415 g/mol. The van der Waals surface area contributed by atoms with E-state index in [4.69, 9.17) is 4.42 Å². The van der Waals surface area contributed by atoms with Crippen LogP contribution in [0.5, 0.6) is 0 Å². The minimum absolute atomic E-state index is 0. The lowest BCUT2D eigenvalue weighted by Gasteiger charge is -2.36. The number of nitrogens with one attached hydrogen (secondary N) is 1. The number of aromatic nitrogens is 1. The molecule has 27 heavy (non-hydrogen) atoms. The summed E-state index contributed by atoms with van der Waals surface area (Å²) in [7, 11) is 1.98. The van der Waals surface area contributed by atoms with E-state index in [0.29, 0.717) is 18.0 Å². The summed E-state index contributed by atoms with van der Waals surface area (Å²) in [5.41, 5.74) is 1.71. The molecule has 0 bridgehead atoms. The molecule has 6 nitrogen and oxygen atoms in total. The van der Waals surface area contributed by atoms with E-state index in [1.165, 1.54) is 0 Å². The van der Waals surface area contributed by atoms with Gasteiger partial charge >= 0.3 is 0 Å². The van der Waals surface area contributed by atoms with Crippen LogP contribution in [0, 0.1) is 5.92 Å². The number of hydrogen-bond acceptors (Lipinski definition) is 5. The zero-order valence-corrected chi connectivity index (χ0v) is 17.2. The number of nitrogens with zero attached hydrogens (tertiary/aromatic N) is 3. The predicted octanol–water partition coefficient (Wildman–Crippen LogP) is 3.10. The number of carbonyl (C=O) groups is 1. The molecule has 4 rings (SSSR count). The maximum atomic E-state index is 12.8. The summed E-state index contributed by atoms with van der Waals surface area (Å²) in [6, 6.07) is 8.90. The molecular weight excluding hydrogens is 387 g/mol. The van der Waals surface area contributed by atoms with Crippen molar-refractivity contribution >= 4 is 47.8 Å².